The first-order valence-corrected chi connectivity index (χ1v) is 6.10. The van der Waals surface area contributed by atoms with Crippen molar-refractivity contribution in [2.24, 2.45) is 5.92 Å². The van der Waals surface area contributed by atoms with Crippen LogP contribution in [0.3, 0.4) is 0 Å². The van der Waals surface area contributed by atoms with E-state index in [1.165, 1.54) is 4.90 Å². The van der Waals surface area contributed by atoms with Gasteiger partial charge in [-0.15, -0.1) is 0 Å². The Hall–Kier alpha value is -1.85. The van der Waals surface area contributed by atoms with Crippen LogP contribution in [-0.2, 0) is 16.1 Å². The number of hydrogen-bond acceptors (Lipinski definition) is 3. The first-order valence-electron chi connectivity index (χ1n) is 6.10. The van der Waals surface area contributed by atoms with Crippen molar-refractivity contribution >= 4 is 17.7 Å². The molecule has 2 rings (SSSR count). The molecule has 6 heteroatoms. The summed E-state index contributed by atoms with van der Waals surface area (Å²) >= 11 is 0. The van der Waals surface area contributed by atoms with E-state index >= 15 is 0 Å². The Balaban J connectivity index is 2.19. The van der Waals surface area contributed by atoms with Gasteiger partial charge in [-0.3, -0.25) is 19.2 Å². The van der Waals surface area contributed by atoms with E-state index in [1.54, 1.807) is 0 Å². The van der Waals surface area contributed by atoms with Crippen LogP contribution in [-0.4, -0.2) is 33.3 Å². The summed E-state index contributed by atoms with van der Waals surface area (Å²) in [5.74, 6) is -1.14. The average Bonchev–Trinajstić information content (AvgIpc) is 2.84. The highest BCUT2D eigenvalue weighted by Gasteiger charge is 2.36. The van der Waals surface area contributed by atoms with Crippen molar-refractivity contribution in [2.75, 3.05) is 11.4 Å². The number of aromatic nitrogens is 2. The standard InChI is InChI=1S/C12H17N3O3/c1-3-4-15-8(2)5-10(13-15)14-7-9(12(17)18)6-11(14)16/h5,9H,3-4,6-7H2,1-2H3,(H,17,18)/t9-/m0/s1. The first-order chi connectivity index (χ1) is 8.52. The molecule has 1 aliphatic rings. The molecule has 0 spiro atoms. The van der Waals surface area contributed by atoms with Crippen molar-refractivity contribution in [2.45, 2.75) is 33.2 Å². The fraction of sp³-hybridized carbons (Fsp3) is 0.583. The van der Waals surface area contributed by atoms with Crippen molar-refractivity contribution in [3.63, 3.8) is 0 Å². The third-order valence-electron chi connectivity index (χ3n) is 3.15. The Morgan fingerprint density at radius 2 is 2.33 bits per heavy atom. The molecule has 1 atom stereocenters. The van der Waals surface area contributed by atoms with Crippen molar-refractivity contribution in [3.05, 3.63) is 11.8 Å². The van der Waals surface area contributed by atoms with E-state index in [0.717, 1.165) is 18.7 Å². The molecule has 0 unspecified atom stereocenters. The lowest BCUT2D eigenvalue weighted by atomic mass is 10.1. The maximum Gasteiger partial charge on any atom is 0.308 e. The maximum atomic E-state index is 11.8. The van der Waals surface area contributed by atoms with Crippen LogP contribution in [0, 0.1) is 12.8 Å². The number of aliphatic carboxylic acids is 1. The molecule has 0 aliphatic carbocycles. The van der Waals surface area contributed by atoms with Gasteiger partial charge in [-0.25, -0.2) is 0 Å². The Labute approximate surface area is 105 Å². The molecule has 2 heterocycles. The number of rotatable bonds is 4. The molecule has 0 saturated carbocycles. The molecule has 98 valence electrons. The molecular weight excluding hydrogens is 234 g/mol. The number of carbonyl (C=O) groups excluding carboxylic acids is 1. The zero-order valence-electron chi connectivity index (χ0n) is 10.6. The lowest BCUT2D eigenvalue weighted by Gasteiger charge is -2.11. The van der Waals surface area contributed by atoms with Gasteiger partial charge in [0, 0.05) is 31.3 Å². The molecule has 1 aromatic heterocycles. The summed E-state index contributed by atoms with van der Waals surface area (Å²) in [5, 5.41) is 13.3. The number of aryl methyl sites for hydroxylation is 2. The Morgan fingerprint density at radius 1 is 1.61 bits per heavy atom. The molecule has 0 aromatic carbocycles. The summed E-state index contributed by atoms with van der Waals surface area (Å²) in [6.45, 7) is 5.01. The van der Waals surface area contributed by atoms with E-state index in [1.807, 2.05) is 17.7 Å². The summed E-state index contributed by atoms with van der Waals surface area (Å²) in [4.78, 5) is 24.1. The van der Waals surface area contributed by atoms with Crippen LogP contribution in [0.4, 0.5) is 5.82 Å². The SMILES string of the molecule is CCCn1nc(N2C[C@@H](C(=O)O)CC2=O)cc1C. The van der Waals surface area contributed by atoms with Gasteiger partial charge in [0.2, 0.25) is 5.91 Å². The van der Waals surface area contributed by atoms with Gasteiger partial charge in [0.15, 0.2) is 5.82 Å². The van der Waals surface area contributed by atoms with Crippen LogP contribution in [0.15, 0.2) is 6.07 Å². The highest BCUT2D eigenvalue weighted by atomic mass is 16.4. The van der Waals surface area contributed by atoms with E-state index in [0.29, 0.717) is 5.82 Å². The minimum absolute atomic E-state index is 0.0645. The van der Waals surface area contributed by atoms with Crippen molar-refractivity contribution < 1.29 is 14.7 Å². The molecule has 1 N–H and O–H groups in total. The summed E-state index contributed by atoms with van der Waals surface area (Å²) in [5.41, 5.74) is 0.985. The summed E-state index contributed by atoms with van der Waals surface area (Å²) in [6, 6.07) is 1.83. The molecule has 1 saturated heterocycles. The van der Waals surface area contributed by atoms with Gasteiger partial charge in [0.05, 0.1) is 5.92 Å². The molecule has 1 aliphatic heterocycles. The molecule has 1 fully saturated rings. The Kier molecular flexibility index (Phi) is 3.36. The summed E-state index contributed by atoms with van der Waals surface area (Å²) in [6.07, 6.45) is 1.03. The fourth-order valence-corrected chi connectivity index (χ4v) is 2.16. The molecule has 1 amide bonds. The maximum absolute atomic E-state index is 11.8. The van der Waals surface area contributed by atoms with E-state index < -0.39 is 11.9 Å². The van der Waals surface area contributed by atoms with E-state index in [9.17, 15) is 9.59 Å². The normalized spacial score (nSPS) is 19.6. The van der Waals surface area contributed by atoms with Crippen LogP contribution in [0.1, 0.15) is 25.5 Å². The summed E-state index contributed by atoms with van der Waals surface area (Å²) in [7, 11) is 0. The number of nitrogens with zero attached hydrogens (tertiary/aromatic N) is 3. The monoisotopic (exact) mass is 251 g/mol. The van der Waals surface area contributed by atoms with Crippen LogP contribution < -0.4 is 4.90 Å². The molecule has 0 bridgehead atoms. The van der Waals surface area contributed by atoms with Crippen molar-refractivity contribution in [1.82, 2.24) is 9.78 Å². The smallest absolute Gasteiger partial charge is 0.308 e. The van der Waals surface area contributed by atoms with Crippen LogP contribution in [0.25, 0.3) is 0 Å². The van der Waals surface area contributed by atoms with Crippen molar-refractivity contribution in [3.8, 4) is 0 Å². The van der Waals surface area contributed by atoms with E-state index in [4.69, 9.17) is 5.11 Å². The number of carboxylic acids is 1. The van der Waals surface area contributed by atoms with Gasteiger partial charge < -0.3 is 5.11 Å². The van der Waals surface area contributed by atoms with Gasteiger partial charge in [-0.1, -0.05) is 6.92 Å². The van der Waals surface area contributed by atoms with E-state index in [2.05, 4.69) is 12.0 Å². The van der Waals surface area contributed by atoms with Gasteiger partial charge >= 0.3 is 5.97 Å². The highest BCUT2D eigenvalue weighted by molar-refractivity contribution is 5.98. The van der Waals surface area contributed by atoms with Crippen LogP contribution in [0.2, 0.25) is 0 Å². The van der Waals surface area contributed by atoms with Gasteiger partial charge in [-0.05, 0) is 13.3 Å². The van der Waals surface area contributed by atoms with Crippen LogP contribution in [0.5, 0.6) is 0 Å². The lowest BCUT2D eigenvalue weighted by molar-refractivity contribution is -0.141. The largest absolute Gasteiger partial charge is 0.481 e. The van der Waals surface area contributed by atoms with Crippen LogP contribution >= 0.6 is 0 Å². The minimum Gasteiger partial charge on any atom is -0.481 e. The molecule has 1 aromatic rings. The predicted octanol–water partition coefficient (Wildman–Crippen LogP) is 1.04. The molecule has 0 radical (unpaired) electrons. The minimum atomic E-state index is -0.921. The third kappa shape index (κ3) is 2.23. The topological polar surface area (TPSA) is 75.4 Å². The zero-order chi connectivity index (χ0) is 13.3. The second-order valence-corrected chi connectivity index (χ2v) is 4.61. The predicted molar refractivity (Wildman–Crippen MR) is 65.4 cm³/mol. The highest BCUT2D eigenvalue weighted by Crippen LogP contribution is 2.24. The van der Waals surface area contributed by atoms with Gasteiger partial charge in [0.1, 0.15) is 0 Å². The van der Waals surface area contributed by atoms with Gasteiger partial charge in [0.25, 0.3) is 0 Å². The second kappa shape index (κ2) is 4.80. The quantitative estimate of drug-likeness (QED) is 0.867. The second-order valence-electron chi connectivity index (χ2n) is 4.61. The third-order valence-corrected chi connectivity index (χ3v) is 3.15. The number of carboxylic acid groups (broad SMARTS) is 1. The zero-order valence-corrected chi connectivity index (χ0v) is 10.6. The summed E-state index contributed by atoms with van der Waals surface area (Å²) < 4.78 is 1.84. The van der Waals surface area contributed by atoms with Gasteiger partial charge in [-0.2, -0.15) is 5.10 Å². The Morgan fingerprint density at radius 3 is 2.89 bits per heavy atom. The Bertz CT molecular complexity index is 481. The first kappa shape index (κ1) is 12.6. The average molecular weight is 251 g/mol. The molecular formula is C12H17N3O3. The molecule has 6 nitrogen and oxygen atoms in total. The number of carbonyl (C=O) groups is 2. The number of amides is 1. The fourth-order valence-electron chi connectivity index (χ4n) is 2.16. The number of anilines is 1. The van der Waals surface area contributed by atoms with E-state index in [-0.39, 0.29) is 18.9 Å². The number of hydrogen-bond donors (Lipinski definition) is 1. The molecule has 18 heavy (non-hydrogen) atoms. The lowest BCUT2D eigenvalue weighted by Crippen LogP contribution is -2.26. The van der Waals surface area contributed by atoms with Crippen molar-refractivity contribution in [1.29, 1.82) is 0 Å².